The maximum atomic E-state index is 13.2. The van der Waals surface area contributed by atoms with Crippen LogP contribution < -0.4 is 10.5 Å². The molecule has 0 aliphatic heterocycles. The molecule has 0 atom stereocenters. The van der Waals surface area contributed by atoms with E-state index in [1.165, 1.54) is 6.07 Å². The summed E-state index contributed by atoms with van der Waals surface area (Å²) in [5.41, 5.74) is 5.55. The molecule has 1 aliphatic carbocycles. The molecule has 1 aromatic carbocycles. The Morgan fingerprint density at radius 2 is 2.21 bits per heavy atom. The van der Waals surface area contributed by atoms with Crippen LogP contribution in [0.25, 0.3) is 0 Å². The summed E-state index contributed by atoms with van der Waals surface area (Å²) in [6.07, 6.45) is 1.86. The second-order valence-electron chi connectivity index (χ2n) is 3.70. The van der Waals surface area contributed by atoms with Crippen LogP contribution >= 0.6 is 11.6 Å². The molecular weight excluding hydrogens is 205 g/mol. The fraction of sp³-hybridized carbons (Fsp3) is 0.400. The summed E-state index contributed by atoms with van der Waals surface area (Å²) in [7, 11) is 0. The number of hydrogen-bond acceptors (Lipinski definition) is 2. The molecule has 0 unspecified atom stereocenters. The smallest absolute Gasteiger partial charge is 0.173 e. The molecule has 1 fully saturated rings. The maximum absolute atomic E-state index is 13.2. The van der Waals surface area contributed by atoms with Crippen LogP contribution in [-0.4, -0.2) is 12.1 Å². The monoisotopic (exact) mass is 215 g/mol. The van der Waals surface area contributed by atoms with Crippen molar-refractivity contribution < 1.29 is 9.13 Å². The van der Waals surface area contributed by atoms with E-state index in [2.05, 4.69) is 0 Å². The molecule has 0 heterocycles. The molecule has 2 rings (SSSR count). The fourth-order valence-corrected chi connectivity index (χ4v) is 1.36. The van der Waals surface area contributed by atoms with Crippen LogP contribution in [0.4, 0.5) is 4.39 Å². The number of ether oxygens (including phenoxy) is 1. The van der Waals surface area contributed by atoms with Gasteiger partial charge in [0, 0.05) is 0 Å². The SMILES string of the molecule is NC1(COc2c(F)cccc2Cl)CC1. The fourth-order valence-electron chi connectivity index (χ4n) is 1.14. The Balaban J connectivity index is 2.08. The van der Waals surface area contributed by atoms with Crippen LogP contribution in [0, 0.1) is 5.82 Å². The van der Waals surface area contributed by atoms with Crippen LogP contribution in [0.1, 0.15) is 12.8 Å². The first-order chi connectivity index (χ1) is 6.61. The van der Waals surface area contributed by atoms with E-state index in [1.54, 1.807) is 12.1 Å². The van der Waals surface area contributed by atoms with Gasteiger partial charge in [-0.3, -0.25) is 0 Å². The molecule has 1 saturated carbocycles. The minimum absolute atomic E-state index is 0.103. The molecule has 0 radical (unpaired) electrons. The lowest BCUT2D eigenvalue weighted by molar-refractivity contribution is 0.267. The normalized spacial score (nSPS) is 17.9. The first-order valence-corrected chi connectivity index (χ1v) is 4.84. The molecule has 76 valence electrons. The summed E-state index contributed by atoms with van der Waals surface area (Å²) in [6, 6.07) is 4.45. The van der Waals surface area contributed by atoms with Crippen LogP contribution in [-0.2, 0) is 0 Å². The number of nitrogens with two attached hydrogens (primary N) is 1. The third kappa shape index (κ3) is 1.99. The average molecular weight is 216 g/mol. The number of halogens is 2. The summed E-state index contributed by atoms with van der Waals surface area (Å²) in [6.45, 7) is 0.327. The number of hydrogen-bond donors (Lipinski definition) is 1. The standard InChI is InChI=1S/C10H11ClFNO/c11-7-2-1-3-8(12)9(7)14-6-10(13)4-5-10/h1-3H,4-6,13H2. The average Bonchev–Trinajstić information content (AvgIpc) is 2.83. The second kappa shape index (κ2) is 3.41. The molecule has 0 amide bonds. The van der Waals surface area contributed by atoms with E-state index in [0.717, 1.165) is 12.8 Å². The van der Waals surface area contributed by atoms with Crippen LogP contribution in [0.5, 0.6) is 5.75 Å². The summed E-state index contributed by atoms with van der Waals surface area (Å²) in [5, 5.41) is 0.286. The minimum atomic E-state index is -0.443. The van der Waals surface area contributed by atoms with Crippen molar-refractivity contribution in [2.45, 2.75) is 18.4 Å². The van der Waals surface area contributed by atoms with Crippen molar-refractivity contribution in [1.82, 2.24) is 0 Å². The molecule has 2 N–H and O–H groups in total. The summed E-state index contributed by atoms with van der Waals surface area (Å²) >= 11 is 5.77. The van der Waals surface area contributed by atoms with Crippen molar-refractivity contribution in [3.8, 4) is 5.75 Å². The summed E-state index contributed by atoms with van der Waals surface area (Å²) < 4.78 is 18.5. The second-order valence-corrected chi connectivity index (χ2v) is 4.11. The summed E-state index contributed by atoms with van der Waals surface area (Å²) in [5.74, 6) is -0.340. The highest BCUT2D eigenvalue weighted by Crippen LogP contribution is 2.34. The van der Waals surface area contributed by atoms with Gasteiger partial charge in [0.25, 0.3) is 0 Å². The number of rotatable bonds is 3. The van der Waals surface area contributed by atoms with E-state index in [-0.39, 0.29) is 16.3 Å². The summed E-state index contributed by atoms with van der Waals surface area (Å²) in [4.78, 5) is 0. The van der Waals surface area contributed by atoms with Gasteiger partial charge in [0.2, 0.25) is 0 Å². The van der Waals surface area contributed by atoms with Crippen LogP contribution in [0.15, 0.2) is 18.2 Å². The molecule has 0 spiro atoms. The van der Waals surface area contributed by atoms with Gasteiger partial charge in [-0.25, -0.2) is 4.39 Å². The predicted molar refractivity (Wildman–Crippen MR) is 53.1 cm³/mol. The van der Waals surface area contributed by atoms with Gasteiger partial charge in [0.05, 0.1) is 10.6 Å². The largest absolute Gasteiger partial charge is 0.487 e. The molecule has 0 saturated heterocycles. The van der Waals surface area contributed by atoms with E-state index in [0.29, 0.717) is 6.61 Å². The first kappa shape index (κ1) is 9.74. The lowest BCUT2D eigenvalue weighted by Gasteiger charge is -2.12. The topological polar surface area (TPSA) is 35.2 Å². The van der Waals surface area contributed by atoms with Crippen molar-refractivity contribution in [2.75, 3.05) is 6.61 Å². The first-order valence-electron chi connectivity index (χ1n) is 4.46. The molecule has 0 aromatic heterocycles. The van der Waals surface area contributed by atoms with Crippen molar-refractivity contribution in [3.63, 3.8) is 0 Å². The molecular formula is C10H11ClFNO. The van der Waals surface area contributed by atoms with E-state index < -0.39 is 5.82 Å². The lowest BCUT2D eigenvalue weighted by Crippen LogP contribution is -2.30. The minimum Gasteiger partial charge on any atom is -0.487 e. The van der Waals surface area contributed by atoms with Crippen molar-refractivity contribution in [2.24, 2.45) is 5.73 Å². The van der Waals surface area contributed by atoms with Crippen LogP contribution in [0.2, 0.25) is 5.02 Å². The van der Waals surface area contributed by atoms with E-state index in [9.17, 15) is 4.39 Å². The zero-order chi connectivity index (χ0) is 10.2. The van der Waals surface area contributed by atoms with Crippen molar-refractivity contribution >= 4 is 11.6 Å². The Morgan fingerprint density at radius 3 is 2.79 bits per heavy atom. The molecule has 1 aromatic rings. The molecule has 14 heavy (non-hydrogen) atoms. The molecule has 2 nitrogen and oxygen atoms in total. The van der Waals surface area contributed by atoms with Gasteiger partial charge in [-0.1, -0.05) is 17.7 Å². The number of para-hydroxylation sites is 1. The third-order valence-electron chi connectivity index (χ3n) is 2.32. The van der Waals surface area contributed by atoms with Crippen molar-refractivity contribution in [1.29, 1.82) is 0 Å². The Morgan fingerprint density at radius 1 is 1.50 bits per heavy atom. The van der Waals surface area contributed by atoms with Gasteiger partial charge in [-0.05, 0) is 25.0 Å². The van der Waals surface area contributed by atoms with Gasteiger partial charge >= 0.3 is 0 Å². The van der Waals surface area contributed by atoms with Gasteiger partial charge in [-0.2, -0.15) is 0 Å². The highest BCUT2D eigenvalue weighted by molar-refractivity contribution is 6.32. The lowest BCUT2D eigenvalue weighted by atomic mass is 10.3. The maximum Gasteiger partial charge on any atom is 0.173 e. The highest BCUT2D eigenvalue weighted by Gasteiger charge is 2.39. The highest BCUT2D eigenvalue weighted by atomic mass is 35.5. The zero-order valence-corrected chi connectivity index (χ0v) is 8.35. The molecule has 4 heteroatoms. The Labute approximate surface area is 86.8 Å². The van der Waals surface area contributed by atoms with Gasteiger partial charge in [0.1, 0.15) is 6.61 Å². The number of benzene rings is 1. The van der Waals surface area contributed by atoms with Crippen LogP contribution in [0.3, 0.4) is 0 Å². The Bertz CT molecular complexity index is 332. The molecule has 1 aliphatic rings. The molecule has 0 bridgehead atoms. The van der Waals surface area contributed by atoms with E-state index in [4.69, 9.17) is 22.1 Å². The van der Waals surface area contributed by atoms with Gasteiger partial charge in [-0.15, -0.1) is 0 Å². The van der Waals surface area contributed by atoms with E-state index >= 15 is 0 Å². The van der Waals surface area contributed by atoms with Crippen molar-refractivity contribution in [3.05, 3.63) is 29.0 Å². The van der Waals surface area contributed by atoms with Gasteiger partial charge < -0.3 is 10.5 Å². The van der Waals surface area contributed by atoms with Gasteiger partial charge in [0.15, 0.2) is 11.6 Å². The van der Waals surface area contributed by atoms with E-state index in [1.807, 2.05) is 0 Å². The Kier molecular flexibility index (Phi) is 2.37. The predicted octanol–water partition coefficient (Wildman–Crippen LogP) is 2.35. The Hall–Kier alpha value is -0.800. The quantitative estimate of drug-likeness (QED) is 0.840. The zero-order valence-electron chi connectivity index (χ0n) is 7.59. The third-order valence-corrected chi connectivity index (χ3v) is 2.61.